The van der Waals surface area contributed by atoms with Gasteiger partial charge in [-0.15, -0.1) is 0 Å². The first kappa shape index (κ1) is 14.0. The summed E-state index contributed by atoms with van der Waals surface area (Å²) in [6.07, 6.45) is 3.58. The van der Waals surface area contributed by atoms with Crippen LogP contribution in [0.3, 0.4) is 0 Å². The first-order valence-electron chi connectivity index (χ1n) is 6.86. The van der Waals surface area contributed by atoms with Gasteiger partial charge in [0.05, 0.1) is 6.04 Å². The molecule has 0 aliphatic rings. The first-order chi connectivity index (χ1) is 9.29. The van der Waals surface area contributed by atoms with Crippen molar-refractivity contribution in [2.75, 3.05) is 5.32 Å². The number of benzene rings is 2. The van der Waals surface area contributed by atoms with E-state index in [1.54, 1.807) is 0 Å². The van der Waals surface area contributed by atoms with Gasteiger partial charge in [-0.1, -0.05) is 61.7 Å². The lowest BCUT2D eigenvalue weighted by atomic mass is 10.0. The molecule has 1 atom stereocenters. The summed E-state index contributed by atoms with van der Waals surface area (Å²) in [5.74, 6) is 0. The molecular formula is C17H20ClN. The van der Waals surface area contributed by atoms with Gasteiger partial charge in [0.2, 0.25) is 0 Å². The Balaban J connectivity index is 2.11. The van der Waals surface area contributed by atoms with E-state index in [1.165, 1.54) is 18.4 Å². The topological polar surface area (TPSA) is 12.0 Å². The summed E-state index contributed by atoms with van der Waals surface area (Å²) in [5.41, 5.74) is 2.46. The maximum Gasteiger partial charge on any atom is 0.0513 e. The Labute approximate surface area is 120 Å². The third-order valence-corrected chi connectivity index (χ3v) is 3.49. The second-order valence-corrected chi connectivity index (χ2v) is 5.19. The number of anilines is 1. The molecule has 2 aromatic carbocycles. The van der Waals surface area contributed by atoms with Crippen LogP contribution in [0.5, 0.6) is 0 Å². The number of halogens is 1. The Morgan fingerprint density at radius 1 is 1.00 bits per heavy atom. The highest BCUT2D eigenvalue weighted by Crippen LogP contribution is 2.25. The number of rotatable bonds is 6. The molecule has 0 heterocycles. The van der Waals surface area contributed by atoms with E-state index in [0.29, 0.717) is 6.04 Å². The minimum absolute atomic E-state index is 0.363. The highest BCUT2D eigenvalue weighted by atomic mass is 35.5. The molecule has 19 heavy (non-hydrogen) atoms. The van der Waals surface area contributed by atoms with Gasteiger partial charge in [-0.3, -0.25) is 0 Å². The Morgan fingerprint density at radius 2 is 1.68 bits per heavy atom. The van der Waals surface area contributed by atoms with Crippen LogP contribution in [-0.4, -0.2) is 0 Å². The molecule has 0 aromatic heterocycles. The van der Waals surface area contributed by atoms with Crippen molar-refractivity contribution in [3.63, 3.8) is 0 Å². The first-order valence-corrected chi connectivity index (χ1v) is 7.24. The number of unbranched alkanes of at least 4 members (excludes halogenated alkanes) is 1. The maximum absolute atomic E-state index is 5.92. The summed E-state index contributed by atoms with van der Waals surface area (Å²) >= 11 is 5.92. The van der Waals surface area contributed by atoms with E-state index >= 15 is 0 Å². The molecule has 2 rings (SSSR count). The van der Waals surface area contributed by atoms with Crippen molar-refractivity contribution in [3.05, 3.63) is 65.2 Å². The van der Waals surface area contributed by atoms with E-state index in [2.05, 4.69) is 42.6 Å². The normalized spacial score (nSPS) is 12.1. The minimum atomic E-state index is 0.363. The second kappa shape index (κ2) is 7.20. The predicted octanol–water partition coefficient (Wildman–Crippen LogP) is 5.68. The SMILES string of the molecule is CCCCC(Nc1ccc(Cl)cc1)c1ccccc1. The van der Waals surface area contributed by atoms with Crippen LogP contribution in [0.1, 0.15) is 37.8 Å². The zero-order valence-corrected chi connectivity index (χ0v) is 12.0. The average Bonchev–Trinajstić information content (AvgIpc) is 2.46. The molecule has 0 spiro atoms. The molecular weight excluding hydrogens is 254 g/mol. The van der Waals surface area contributed by atoms with Crippen LogP contribution in [0.25, 0.3) is 0 Å². The molecule has 1 nitrogen and oxygen atoms in total. The van der Waals surface area contributed by atoms with Crippen molar-refractivity contribution < 1.29 is 0 Å². The summed E-state index contributed by atoms with van der Waals surface area (Å²) in [7, 11) is 0. The van der Waals surface area contributed by atoms with Crippen molar-refractivity contribution >= 4 is 17.3 Å². The van der Waals surface area contributed by atoms with Gasteiger partial charge in [-0.25, -0.2) is 0 Å². The van der Waals surface area contributed by atoms with Crippen molar-refractivity contribution in [2.24, 2.45) is 0 Å². The molecule has 0 fully saturated rings. The fraction of sp³-hybridized carbons (Fsp3) is 0.294. The van der Waals surface area contributed by atoms with E-state index in [1.807, 2.05) is 24.3 Å². The average molecular weight is 274 g/mol. The number of nitrogens with one attached hydrogen (secondary N) is 1. The fourth-order valence-corrected chi connectivity index (χ4v) is 2.29. The van der Waals surface area contributed by atoms with Gasteiger partial charge in [0.1, 0.15) is 0 Å². The second-order valence-electron chi connectivity index (χ2n) is 4.76. The number of hydrogen-bond donors (Lipinski definition) is 1. The largest absolute Gasteiger partial charge is 0.378 e. The molecule has 0 bridgehead atoms. The summed E-state index contributed by atoms with van der Waals surface area (Å²) in [6, 6.07) is 18.9. The molecule has 1 N–H and O–H groups in total. The molecule has 0 amide bonds. The van der Waals surface area contributed by atoms with Crippen LogP contribution in [0.2, 0.25) is 5.02 Å². The lowest BCUT2D eigenvalue weighted by molar-refractivity contribution is 0.634. The van der Waals surface area contributed by atoms with Crippen LogP contribution in [-0.2, 0) is 0 Å². The van der Waals surface area contributed by atoms with Gasteiger partial charge in [0.15, 0.2) is 0 Å². The molecule has 1 unspecified atom stereocenters. The highest BCUT2D eigenvalue weighted by molar-refractivity contribution is 6.30. The van der Waals surface area contributed by atoms with Gasteiger partial charge in [-0.2, -0.15) is 0 Å². The van der Waals surface area contributed by atoms with Crippen LogP contribution in [0.15, 0.2) is 54.6 Å². The lowest BCUT2D eigenvalue weighted by Crippen LogP contribution is -2.10. The molecule has 0 aliphatic heterocycles. The Morgan fingerprint density at radius 3 is 2.32 bits per heavy atom. The zero-order valence-electron chi connectivity index (χ0n) is 11.3. The van der Waals surface area contributed by atoms with E-state index in [-0.39, 0.29) is 0 Å². The van der Waals surface area contributed by atoms with Crippen LogP contribution >= 0.6 is 11.6 Å². The van der Waals surface area contributed by atoms with Crippen molar-refractivity contribution in [1.29, 1.82) is 0 Å². The monoisotopic (exact) mass is 273 g/mol. The van der Waals surface area contributed by atoms with Gasteiger partial charge in [0, 0.05) is 10.7 Å². The van der Waals surface area contributed by atoms with E-state index in [4.69, 9.17) is 11.6 Å². The quantitative estimate of drug-likeness (QED) is 0.713. The predicted molar refractivity (Wildman–Crippen MR) is 83.8 cm³/mol. The molecule has 2 heteroatoms. The molecule has 100 valence electrons. The van der Waals surface area contributed by atoms with E-state index in [0.717, 1.165) is 17.1 Å². The summed E-state index contributed by atoms with van der Waals surface area (Å²) in [4.78, 5) is 0. The lowest BCUT2D eigenvalue weighted by Gasteiger charge is -2.20. The number of hydrogen-bond acceptors (Lipinski definition) is 1. The molecule has 2 aromatic rings. The van der Waals surface area contributed by atoms with Gasteiger partial charge in [-0.05, 0) is 36.2 Å². The van der Waals surface area contributed by atoms with E-state index in [9.17, 15) is 0 Å². The minimum Gasteiger partial charge on any atom is -0.378 e. The van der Waals surface area contributed by atoms with Crippen LogP contribution in [0, 0.1) is 0 Å². The summed E-state index contributed by atoms with van der Waals surface area (Å²) < 4.78 is 0. The Kier molecular flexibility index (Phi) is 5.29. The van der Waals surface area contributed by atoms with Crippen molar-refractivity contribution in [1.82, 2.24) is 0 Å². The maximum atomic E-state index is 5.92. The molecule has 0 aliphatic carbocycles. The Bertz CT molecular complexity index is 478. The van der Waals surface area contributed by atoms with Gasteiger partial charge >= 0.3 is 0 Å². The molecule has 0 saturated heterocycles. The standard InChI is InChI=1S/C17H20ClN/c1-2-3-9-17(14-7-5-4-6-8-14)19-16-12-10-15(18)11-13-16/h4-8,10-13,17,19H,2-3,9H2,1H3. The summed E-state index contributed by atoms with van der Waals surface area (Å²) in [6.45, 7) is 2.23. The molecule has 0 radical (unpaired) electrons. The van der Waals surface area contributed by atoms with Crippen LogP contribution < -0.4 is 5.32 Å². The van der Waals surface area contributed by atoms with Crippen LogP contribution in [0.4, 0.5) is 5.69 Å². The van der Waals surface area contributed by atoms with Gasteiger partial charge < -0.3 is 5.32 Å². The van der Waals surface area contributed by atoms with Gasteiger partial charge in [0.25, 0.3) is 0 Å². The Hall–Kier alpha value is -1.47. The smallest absolute Gasteiger partial charge is 0.0513 e. The highest BCUT2D eigenvalue weighted by Gasteiger charge is 2.10. The third-order valence-electron chi connectivity index (χ3n) is 3.23. The third kappa shape index (κ3) is 4.29. The zero-order chi connectivity index (χ0) is 13.5. The van der Waals surface area contributed by atoms with Crippen molar-refractivity contribution in [3.8, 4) is 0 Å². The summed E-state index contributed by atoms with van der Waals surface area (Å²) in [5, 5.41) is 4.37. The van der Waals surface area contributed by atoms with Crippen molar-refractivity contribution in [2.45, 2.75) is 32.2 Å². The fourth-order valence-electron chi connectivity index (χ4n) is 2.16. The molecule has 0 saturated carbocycles. The van der Waals surface area contributed by atoms with E-state index < -0.39 is 0 Å².